The van der Waals surface area contributed by atoms with Gasteiger partial charge in [0.05, 0.1) is 0 Å². The molecule has 0 aliphatic carbocycles. The molecule has 0 aromatic heterocycles. The summed E-state index contributed by atoms with van der Waals surface area (Å²) in [5, 5.41) is 7.07. The molecule has 6 heteroatoms. The van der Waals surface area contributed by atoms with Crippen molar-refractivity contribution in [2.24, 2.45) is 11.5 Å². The number of unbranched alkanes of at least 4 members (excludes halogenated alkanes) is 8. The molecule has 4 nitrogen and oxygen atoms in total. The lowest BCUT2D eigenvalue weighted by molar-refractivity contribution is 0.587. The van der Waals surface area contributed by atoms with Crippen molar-refractivity contribution in [1.29, 1.82) is 0 Å². The van der Waals surface area contributed by atoms with Crippen molar-refractivity contribution in [3.8, 4) is 0 Å². The molecule has 0 saturated carbocycles. The summed E-state index contributed by atoms with van der Waals surface area (Å²) in [5.74, 6) is 2.41. The van der Waals surface area contributed by atoms with E-state index in [0.29, 0.717) is 0 Å². The molecule has 0 heterocycles. The van der Waals surface area contributed by atoms with E-state index in [1.165, 1.54) is 88.8 Å². The van der Waals surface area contributed by atoms with Crippen LogP contribution in [-0.4, -0.2) is 50.8 Å². The molecule has 0 aromatic carbocycles. The highest BCUT2D eigenvalue weighted by Gasteiger charge is 1.94. The van der Waals surface area contributed by atoms with Crippen LogP contribution in [0.25, 0.3) is 0 Å². The largest absolute Gasteiger partial charge is 0.330 e. The van der Waals surface area contributed by atoms with Crippen molar-refractivity contribution in [3.05, 3.63) is 0 Å². The van der Waals surface area contributed by atoms with E-state index in [2.05, 4.69) is 10.6 Å². The number of nitrogens with two attached hydrogens (primary N) is 2. The third-order valence-electron chi connectivity index (χ3n) is 3.92. The average molecular weight is 379 g/mol. The SMILES string of the molecule is NCCCCCCCNCCSSCCNCCCCCCCN. The first-order valence-corrected chi connectivity index (χ1v) is 12.5. The third-order valence-corrected chi connectivity index (χ3v) is 6.33. The maximum Gasteiger partial charge on any atom is 0.0162 e. The number of nitrogens with one attached hydrogen (secondary N) is 2. The van der Waals surface area contributed by atoms with E-state index in [9.17, 15) is 0 Å². The predicted molar refractivity (Wildman–Crippen MR) is 115 cm³/mol. The van der Waals surface area contributed by atoms with E-state index in [1.807, 2.05) is 21.6 Å². The monoisotopic (exact) mass is 378 g/mol. The molecule has 0 saturated heterocycles. The molecule has 0 fully saturated rings. The highest BCUT2D eigenvalue weighted by atomic mass is 33.1. The molecule has 24 heavy (non-hydrogen) atoms. The molecule has 0 atom stereocenters. The van der Waals surface area contributed by atoms with Crippen LogP contribution in [0.4, 0.5) is 0 Å². The van der Waals surface area contributed by atoms with Gasteiger partial charge in [-0.05, 0) is 51.9 Å². The van der Waals surface area contributed by atoms with Crippen molar-refractivity contribution in [2.75, 3.05) is 50.8 Å². The maximum atomic E-state index is 5.49. The molecule has 0 aromatic rings. The molecule has 0 amide bonds. The minimum atomic E-state index is 0.845. The minimum absolute atomic E-state index is 0.845. The zero-order valence-corrected chi connectivity index (χ0v) is 17.3. The summed E-state index contributed by atoms with van der Waals surface area (Å²) in [6.45, 7) is 6.30. The molecule has 6 N–H and O–H groups in total. The quantitative estimate of drug-likeness (QED) is 0.181. The second kappa shape index (κ2) is 23.5. The van der Waals surface area contributed by atoms with Gasteiger partial charge in [-0.25, -0.2) is 0 Å². The van der Waals surface area contributed by atoms with Gasteiger partial charge in [-0.15, -0.1) is 0 Å². The van der Waals surface area contributed by atoms with Crippen molar-refractivity contribution in [1.82, 2.24) is 10.6 Å². The summed E-state index contributed by atoms with van der Waals surface area (Å²) in [4.78, 5) is 0. The normalized spacial score (nSPS) is 11.2. The van der Waals surface area contributed by atoms with Crippen molar-refractivity contribution in [2.45, 2.75) is 64.2 Å². The van der Waals surface area contributed by atoms with Gasteiger partial charge in [0.1, 0.15) is 0 Å². The Morgan fingerprint density at radius 1 is 0.458 bits per heavy atom. The average Bonchev–Trinajstić information content (AvgIpc) is 2.60. The summed E-state index contributed by atoms with van der Waals surface area (Å²) in [7, 11) is 3.99. The van der Waals surface area contributed by atoms with Crippen LogP contribution in [-0.2, 0) is 0 Å². The van der Waals surface area contributed by atoms with Gasteiger partial charge in [-0.3, -0.25) is 0 Å². The summed E-state index contributed by atoms with van der Waals surface area (Å²) in [5.41, 5.74) is 11.0. The fourth-order valence-corrected chi connectivity index (χ4v) is 4.34. The summed E-state index contributed by atoms with van der Waals surface area (Å²) < 4.78 is 0. The lowest BCUT2D eigenvalue weighted by Gasteiger charge is -2.06. The van der Waals surface area contributed by atoms with Crippen LogP contribution < -0.4 is 22.1 Å². The van der Waals surface area contributed by atoms with Crippen LogP contribution >= 0.6 is 21.6 Å². The Bertz CT molecular complexity index is 199. The Morgan fingerprint density at radius 3 is 1.25 bits per heavy atom. The van der Waals surface area contributed by atoms with E-state index in [1.54, 1.807) is 0 Å². The van der Waals surface area contributed by atoms with Gasteiger partial charge < -0.3 is 22.1 Å². The Balaban J connectivity index is 2.93. The van der Waals surface area contributed by atoms with Gasteiger partial charge in [-0.2, -0.15) is 0 Å². The van der Waals surface area contributed by atoms with Gasteiger partial charge in [0.25, 0.3) is 0 Å². The molecule has 0 radical (unpaired) electrons. The van der Waals surface area contributed by atoms with E-state index in [4.69, 9.17) is 11.5 Å². The second-order valence-electron chi connectivity index (χ2n) is 6.26. The Hall–Kier alpha value is 0.540. The van der Waals surface area contributed by atoms with E-state index < -0.39 is 0 Å². The van der Waals surface area contributed by atoms with E-state index >= 15 is 0 Å². The van der Waals surface area contributed by atoms with Crippen LogP contribution in [0.5, 0.6) is 0 Å². The highest BCUT2D eigenvalue weighted by molar-refractivity contribution is 8.76. The number of hydrogen-bond donors (Lipinski definition) is 4. The van der Waals surface area contributed by atoms with Crippen LogP contribution in [0.2, 0.25) is 0 Å². The van der Waals surface area contributed by atoms with Gasteiger partial charge in [0, 0.05) is 24.6 Å². The Morgan fingerprint density at radius 2 is 0.833 bits per heavy atom. The van der Waals surface area contributed by atoms with Crippen LogP contribution in [0.1, 0.15) is 64.2 Å². The highest BCUT2D eigenvalue weighted by Crippen LogP contribution is 2.19. The number of hydrogen-bond acceptors (Lipinski definition) is 6. The van der Waals surface area contributed by atoms with Gasteiger partial charge in [0.15, 0.2) is 0 Å². The van der Waals surface area contributed by atoms with E-state index in [0.717, 1.165) is 26.2 Å². The van der Waals surface area contributed by atoms with Crippen molar-refractivity contribution < 1.29 is 0 Å². The molecule has 0 rings (SSSR count). The topological polar surface area (TPSA) is 76.1 Å². The summed E-state index contributed by atoms with van der Waals surface area (Å²) in [6.07, 6.45) is 12.9. The van der Waals surface area contributed by atoms with Gasteiger partial charge >= 0.3 is 0 Å². The third kappa shape index (κ3) is 22.5. The minimum Gasteiger partial charge on any atom is -0.330 e. The Labute approximate surface area is 158 Å². The van der Waals surface area contributed by atoms with Crippen LogP contribution in [0.15, 0.2) is 0 Å². The maximum absolute atomic E-state index is 5.49. The molecule has 0 aliphatic heterocycles. The fraction of sp³-hybridized carbons (Fsp3) is 1.00. The van der Waals surface area contributed by atoms with Crippen LogP contribution in [0.3, 0.4) is 0 Å². The molecule has 146 valence electrons. The van der Waals surface area contributed by atoms with Crippen LogP contribution in [0, 0.1) is 0 Å². The predicted octanol–water partition coefficient (Wildman–Crippen LogP) is 3.37. The summed E-state index contributed by atoms with van der Waals surface area (Å²) >= 11 is 0. The zero-order valence-electron chi connectivity index (χ0n) is 15.7. The van der Waals surface area contributed by atoms with Gasteiger partial charge in [-0.1, -0.05) is 60.1 Å². The lowest BCUT2D eigenvalue weighted by atomic mass is 10.1. The zero-order chi connectivity index (χ0) is 17.6. The van der Waals surface area contributed by atoms with Crippen molar-refractivity contribution >= 4 is 21.6 Å². The first kappa shape index (κ1) is 24.5. The Kier molecular flexibility index (Phi) is 24.1. The molecular formula is C18H42N4S2. The standard InChI is InChI=1S/C18H42N4S2/c19-11-7-3-1-5-9-13-21-15-17-23-24-18-16-22-14-10-6-2-4-8-12-20/h21-22H,1-20H2. The first-order chi connectivity index (χ1) is 11.9. The molecule has 0 unspecified atom stereocenters. The molecule has 0 aliphatic rings. The lowest BCUT2D eigenvalue weighted by Crippen LogP contribution is -2.19. The molecular weight excluding hydrogens is 336 g/mol. The fourth-order valence-electron chi connectivity index (χ4n) is 2.44. The second-order valence-corrected chi connectivity index (χ2v) is 8.96. The van der Waals surface area contributed by atoms with Crippen molar-refractivity contribution in [3.63, 3.8) is 0 Å². The van der Waals surface area contributed by atoms with E-state index in [-0.39, 0.29) is 0 Å². The number of rotatable bonds is 21. The molecule has 0 spiro atoms. The van der Waals surface area contributed by atoms with Gasteiger partial charge in [0.2, 0.25) is 0 Å². The summed E-state index contributed by atoms with van der Waals surface area (Å²) in [6, 6.07) is 0. The first-order valence-electron chi connectivity index (χ1n) is 9.97. The molecule has 0 bridgehead atoms. The smallest absolute Gasteiger partial charge is 0.0162 e.